The number of imide groups is 1. The van der Waals surface area contributed by atoms with Crippen molar-refractivity contribution in [1.82, 2.24) is 19.7 Å². The molecular formula is C25H20ClFN6O3S. The molecule has 2 unspecified atom stereocenters. The number of nitriles is 1. The number of hydrogen-bond acceptors (Lipinski definition) is 7. The van der Waals surface area contributed by atoms with Crippen LogP contribution in [-0.4, -0.2) is 56.5 Å². The van der Waals surface area contributed by atoms with Gasteiger partial charge < -0.3 is 9.64 Å². The molecule has 0 N–H and O–H groups in total. The first-order valence-corrected chi connectivity index (χ1v) is 12.9. The fourth-order valence-electron chi connectivity index (χ4n) is 4.82. The third kappa shape index (κ3) is 3.83. The van der Waals surface area contributed by atoms with Gasteiger partial charge in [0.1, 0.15) is 5.25 Å². The Kier molecular flexibility index (Phi) is 5.81. The van der Waals surface area contributed by atoms with Crippen LogP contribution in [0.5, 0.6) is 5.75 Å². The third-order valence-electron chi connectivity index (χ3n) is 6.73. The molecule has 3 aliphatic rings. The summed E-state index contributed by atoms with van der Waals surface area (Å²) < 4.78 is 21.1. The highest BCUT2D eigenvalue weighted by Gasteiger charge is 2.50. The second-order valence-corrected chi connectivity index (χ2v) is 10.6. The molecule has 3 amide bonds. The van der Waals surface area contributed by atoms with Gasteiger partial charge in [-0.2, -0.15) is 10.4 Å². The van der Waals surface area contributed by atoms with Gasteiger partial charge in [0.2, 0.25) is 0 Å². The zero-order valence-electron chi connectivity index (χ0n) is 19.6. The minimum Gasteiger partial charge on any atom is -0.494 e. The molecule has 3 aromatic rings. The minimum absolute atomic E-state index is 0.0206. The molecule has 6 rings (SSSR count). The summed E-state index contributed by atoms with van der Waals surface area (Å²) in [6.45, 7) is 0.135. The Morgan fingerprint density at radius 2 is 2.08 bits per heavy atom. The Bertz CT molecular complexity index is 1530. The normalized spacial score (nSPS) is 21.3. The van der Waals surface area contributed by atoms with E-state index in [0.717, 1.165) is 29.2 Å². The molecule has 1 aromatic carbocycles. The van der Waals surface area contributed by atoms with E-state index in [9.17, 15) is 19.2 Å². The predicted molar refractivity (Wildman–Crippen MR) is 137 cm³/mol. The number of urea groups is 1. The molecule has 1 aliphatic carbocycles. The number of aromatic nitrogens is 3. The van der Waals surface area contributed by atoms with Gasteiger partial charge in [-0.15, -0.1) is 11.8 Å². The van der Waals surface area contributed by atoms with Gasteiger partial charge in [0.05, 0.1) is 60.3 Å². The lowest BCUT2D eigenvalue weighted by Gasteiger charge is -2.40. The van der Waals surface area contributed by atoms with Gasteiger partial charge in [0, 0.05) is 28.6 Å². The quantitative estimate of drug-likeness (QED) is 0.445. The molecule has 9 nitrogen and oxygen atoms in total. The number of halogens is 2. The van der Waals surface area contributed by atoms with Crippen LogP contribution in [0.2, 0.25) is 5.02 Å². The van der Waals surface area contributed by atoms with Crippen molar-refractivity contribution in [3.8, 4) is 11.8 Å². The fourth-order valence-corrected chi connectivity index (χ4v) is 6.49. The molecule has 4 heterocycles. The number of thioether (sulfide) groups is 1. The van der Waals surface area contributed by atoms with E-state index in [1.54, 1.807) is 18.5 Å². The van der Waals surface area contributed by atoms with Crippen molar-refractivity contribution in [2.24, 2.45) is 0 Å². The number of rotatable bonds is 6. The van der Waals surface area contributed by atoms with Crippen LogP contribution in [0.1, 0.15) is 30.9 Å². The average molecular weight is 539 g/mol. The Morgan fingerprint density at radius 1 is 1.27 bits per heavy atom. The number of nitrogens with zero attached hydrogens (tertiary/aromatic N) is 6. The predicted octanol–water partition coefficient (Wildman–Crippen LogP) is 4.77. The number of carbonyl (C=O) groups excluding carboxylic acids is 2. The summed E-state index contributed by atoms with van der Waals surface area (Å²) in [5.41, 5.74) is 1.55. The summed E-state index contributed by atoms with van der Waals surface area (Å²) in [5, 5.41) is 13.9. The number of amides is 3. The lowest BCUT2D eigenvalue weighted by molar-refractivity contribution is -0.119. The smallest absolute Gasteiger partial charge is 0.332 e. The largest absolute Gasteiger partial charge is 0.494 e. The second kappa shape index (κ2) is 9.04. The number of pyridine rings is 1. The van der Waals surface area contributed by atoms with Crippen LogP contribution < -0.4 is 9.64 Å². The molecule has 37 heavy (non-hydrogen) atoms. The summed E-state index contributed by atoms with van der Waals surface area (Å²) in [7, 11) is 1.36. The van der Waals surface area contributed by atoms with Gasteiger partial charge in [0.25, 0.3) is 5.91 Å². The van der Waals surface area contributed by atoms with E-state index in [-0.39, 0.29) is 29.8 Å². The van der Waals surface area contributed by atoms with E-state index in [0.29, 0.717) is 21.7 Å². The Balaban J connectivity index is 1.43. The van der Waals surface area contributed by atoms with E-state index in [1.165, 1.54) is 36.0 Å². The SMILES string of the molecule is COc1cc(C2=CC3C(S2)C(=O)N(c2cncc4cnn(C5CC5)c24)C(=O)N3CCC#N)c(Cl)cc1F. The van der Waals surface area contributed by atoms with Gasteiger partial charge >= 0.3 is 6.03 Å². The van der Waals surface area contributed by atoms with Crippen LogP contribution in [0.25, 0.3) is 15.8 Å². The van der Waals surface area contributed by atoms with Crippen LogP contribution >= 0.6 is 23.4 Å². The van der Waals surface area contributed by atoms with E-state index < -0.39 is 29.0 Å². The average Bonchev–Trinajstić information content (AvgIpc) is 3.47. The first kappa shape index (κ1) is 23.8. The Labute approximate surface area is 220 Å². The van der Waals surface area contributed by atoms with Gasteiger partial charge in [0.15, 0.2) is 11.6 Å². The second-order valence-electron chi connectivity index (χ2n) is 9.00. The van der Waals surface area contributed by atoms with Crippen molar-refractivity contribution in [2.75, 3.05) is 18.6 Å². The maximum Gasteiger partial charge on any atom is 0.332 e. The van der Waals surface area contributed by atoms with E-state index in [1.807, 2.05) is 4.68 Å². The van der Waals surface area contributed by atoms with E-state index >= 15 is 0 Å². The van der Waals surface area contributed by atoms with E-state index in [4.69, 9.17) is 16.3 Å². The Morgan fingerprint density at radius 3 is 2.81 bits per heavy atom. The van der Waals surface area contributed by atoms with Gasteiger partial charge in [-0.05, 0) is 31.1 Å². The van der Waals surface area contributed by atoms with Gasteiger partial charge in [-0.3, -0.25) is 14.5 Å². The molecule has 2 aromatic heterocycles. The number of hydrogen-bond donors (Lipinski definition) is 0. The molecule has 1 saturated heterocycles. The number of ether oxygens (including phenoxy) is 1. The zero-order chi connectivity index (χ0) is 25.8. The first-order chi connectivity index (χ1) is 17.9. The molecule has 0 spiro atoms. The van der Waals surface area contributed by atoms with Gasteiger partial charge in [-0.1, -0.05) is 11.6 Å². The summed E-state index contributed by atoms with van der Waals surface area (Å²) in [5.74, 6) is -0.979. The molecule has 2 atom stereocenters. The molecule has 2 aliphatic heterocycles. The van der Waals surface area contributed by atoms with Crippen molar-refractivity contribution in [1.29, 1.82) is 5.26 Å². The molecule has 0 bridgehead atoms. The number of anilines is 1. The van der Waals surface area contributed by atoms with Crippen LogP contribution in [-0.2, 0) is 4.79 Å². The summed E-state index contributed by atoms with van der Waals surface area (Å²) in [4.78, 5) is 35.3. The molecular weight excluding hydrogens is 519 g/mol. The maximum atomic E-state index is 14.2. The summed E-state index contributed by atoms with van der Waals surface area (Å²) in [6, 6.07) is 3.82. The highest BCUT2D eigenvalue weighted by Crippen LogP contribution is 2.48. The molecule has 1 saturated carbocycles. The monoisotopic (exact) mass is 538 g/mol. The van der Waals surface area contributed by atoms with Crippen molar-refractivity contribution < 1.29 is 18.7 Å². The number of methoxy groups -OCH3 is 1. The van der Waals surface area contributed by atoms with Crippen molar-refractivity contribution in [3.63, 3.8) is 0 Å². The molecule has 188 valence electrons. The van der Waals surface area contributed by atoms with Crippen molar-refractivity contribution in [2.45, 2.75) is 36.6 Å². The third-order valence-corrected chi connectivity index (χ3v) is 8.39. The maximum absolute atomic E-state index is 14.2. The summed E-state index contributed by atoms with van der Waals surface area (Å²) >= 11 is 7.62. The molecule has 12 heteroatoms. The number of benzene rings is 1. The first-order valence-electron chi connectivity index (χ1n) is 11.7. The number of fused-ring (bicyclic) bond motifs is 2. The minimum atomic E-state index is -0.689. The highest BCUT2D eigenvalue weighted by molar-refractivity contribution is 8.09. The Hall–Kier alpha value is -3.62. The summed E-state index contributed by atoms with van der Waals surface area (Å²) in [6.07, 6.45) is 8.69. The van der Waals surface area contributed by atoms with Crippen LogP contribution in [0.4, 0.5) is 14.9 Å². The lowest BCUT2D eigenvalue weighted by atomic mass is 10.0. The zero-order valence-corrected chi connectivity index (χ0v) is 21.2. The number of carbonyl (C=O) groups is 2. The highest BCUT2D eigenvalue weighted by atomic mass is 35.5. The van der Waals surface area contributed by atoms with Crippen molar-refractivity contribution >= 4 is 56.8 Å². The van der Waals surface area contributed by atoms with Crippen LogP contribution in [0.15, 0.2) is 36.8 Å². The molecule has 0 radical (unpaired) electrons. The standard InChI is InChI=1S/C25H20ClFN6O3S/c1-36-20-7-15(16(26)8-17(20)27)21-9-18-23(37-21)24(34)32(25(35)31(18)6-2-5-28)19-12-29-10-13-11-30-33(22(13)19)14-3-4-14/h7-12,14,18,23H,2-4,6H2,1H3. The topological polar surface area (TPSA) is 104 Å². The molecule has 2 fully saturated rings. The van der Waals surface area contributed by atoms with Crippen LogP contribution in [0, 0.1) is 17.1 Å². The van der Waals surface area contributed by atoms with E-state index in [2.05, 4.69) is 16.2 Å². The van der Waals surface area contributed by atoms with Crippen LogP contribution in [0.3, 0.4) is 0 Å². The van der Waals surface area contributed by atoms with Gasteiger partial charge in [-0.25, -0.2) is 14.1 Å². The lowest BCUT2D eigenvalue weighted by Crippen LogP contribution is -2.62. The fraction of sp³-hybridized carbons (Fsp3) is 0.320. The van der Waals surface area contributed by atoms with Crippen molar-refractivity contribution in [3.05, 3.63) is 53.2 Å².